The van der Waals surface area contributed by atoms with Crippen LogP contribution >= 0.6 is 11.3 Å². The Bertz CT molecular complexity index is 1040. The van der Waals surface area contributed by atoms with E-state index >= 15 is 0 Å². The van der Waals surface area contributed by atoms with E-state index in [0.717, 1.165) is 11.3 Å². The van der Waals surface area contributed by atoms with E-state index in [0.29, 0.717) is 5.56 Å². The summed E-state index contributed by atoms with van der Waals surface area (Å²) in [5.74, 6) is -2.30. The second-order valence-corrected chi connectivity index (χ2v) is 8.86. The topological polar surface area (TPSA) is 116 Å². The Hall–Kier alpha value is -2.72. The zero-order valence-electron chi connectivity index (χ0n) is 15.7. The van der Waals surface area contributed by atoms with Gasteiger partial charge in [-0.25, -0.2) is 18.0 Å². The Labute approximate surface area is 166 Å². The number of hydrogen-bond acceptors (Lipinski definition) is 8. The van der Waals surface area contributed by atoms with Gasteiger partial charge in [0.25, 0.3) is 5.91 Å². The van der Waals surface area contributed by atoms with Crippen LogP contribution in [0, 0.1) is 6.92 Å². The average molecular weight is 425 g/mol. The van der Waals surface area contributed by atoms with E-state index in [1.54, 1.807) is 0 Å². The van der Waals surface area contributed by atoms with Gasteiger partial charge < -0.3 is 14.8 Å². The number of nitrogens with one attached hydrogen (secondary N) is 1. The zero-order chi connectivity index (χ0) is 21.1. The van der Waals surface area contributed by atoms with Crippen LogP contribution in [0.4, 0.5) is 5.00 Å². The largest absolute Gasteiger partial charge is 0.465 e. The first-order valence-corrected chi connectivity index (χ1v) is 10.6. The molecule has 1 amide bonds. The molecular formula is C18H19NO7S2. The lowest BCUT2D eigenvalue weighted by atomic mass is 10.1. The number of ether oxygens (including phenoxy) is 2. The van der Waals surface area contributed by atoms with Crippen molar-refractivity contribution in [3.8, 4) is 0 Å². The number of rotatable bonds is 6. The summed E-state index contributed by atoms with van der Waals surface area (Å²) in [6.07, 6.45) is 0. The molecule has 1 aromatic heterocycles. The maximum Gasteiger partial charge on any atom is 0.348 e. The summed E-state index contributed by atoms with van der Waals surface area (Å²) >= 11 is 0.848. The maximum absolute atomic E-state index is 12.8. The molecule has 0 aliphatic carbocycles. The normalized spacial score (nSPS) is 11.0. The number of esters is 2. The summed E-state index contributed by atoms with van der Waals surface area (Å²) in [6, 6.07) is 5.76. The van der Waals surface area contributed by atoms with Gasteiger partial charge in [-0.3, -0.25) is 4.79 Å². The van der Waals surface area contributed by atoms with Gasteiger partial charge in [-0.2, -0.15) is 0 Å². The van der Waals surface area contributed by atoms with E-state index in [1.807, 2.05) is 0 Å². The molecule has 2 aromatic rings. The Morgan fingerprint density at radius 3 is 2.25 bits per heavy atom. The van der Waals surface area contributed by atoms with Gasteiger partial charge in [0.05, 0.1) is 36.0 Å². The van der Waals surface area contributed by atoms with Crippen LogP contribution in [0.3, 0.4) is 0 Å². The standard InChI is InChI=1S/C18H19NO7S2/c1-5-28(23,24)12-9-7-6-8-11(12)15(20)19-16-13(17(21)25-3)10(2)14(27-16)18(22)26-4/h6-9H,5H2,1-4H3,(H,19,20). The summed E-state index contributed by atoms with van der Waals surface area (Å²) in [5, 5.41) is 2.59. The summed E-state index contributed by atoms with van der Waals surface area (Å²) < 4.78 is 34.0. The van der Waals surface area contributed by atoms with Crippen molar-refractivity contribution in [2.75, 3.05) is 25.3 Å². The van der Waals surface area contributed by atoms with Crippen LogP contribution in [-0.2, 0) is 19.3 Å². The minimum Gasteiger partial charge on any atom is -0.465 e. The van der Waals surface area contributed by atoms with Gasteiger partial charge in [0.1, 0.15) is 9.88 Å². The van der Waals surface area contributed by atoms with Crippen LogP contribution in [0.25, 0.3) is 0 Å². The number of carbonyl (C=O) groups excluding carboxylic acids is 3. The zero-order valence-corrected chi connectivity index (χ0v) is 17.3. The van der Waals surface area contributed by atoms with E-state index in [9.17, 15) is 22.8 Å². The minimum absolute atomic E-state index is 0.0112. The predicted octanol–water partition coefficient (Wildman–Crippen LogP) is 2.68. The lowest BCUT2D eigenvalue weighted by Crippen LogP contribution is -2.18. The van der Waals surface area contributed by atoms with Gasteiger partial charge in [0.2, 0.25) is 0 Å². The van der Waals surface area contributed by atoms with Crippen LogP contribution in [0.2, 0.25) is 0 Å². The monoisotopic (exact) mass is 425 g/mol. The third-order valence-corrected chi connectivity index (χ3v) is 6.95. The summed E-state index contributed by atoms with van der Waals surface area (Å²) in [5.41, 5.74) is 0.247. The van der Waals surface area contributed by atoms with Crippen molar-refractivity contribution in [2.24, 2.45) is 0 Å². The number of anilines is 1. The Balaban J connectivity index is 2.54. The molecule has 0 saturated carbocycles. The number of thiophene rings is 1. The van der Waals surface area contributed by atoms with Crippen molar-refractivity contribution in [3.63, 3.8) is 0 Å². The highest BCUT2D eigenvalue weighted by molar-refractivity contribution is 7.91. The fourth-order valence-electron chi connectivity index (χ4n) is 2.49. The first kappa shape index (κ1) is 21.6. The molecule has 1 aromatic carbocycles. The Morgan fingerprint density at radius 2 is 1.68 bits per heavy atom. The van der Waals surface area contributed by atoms with E-state index in [4.69, 9.17) is 9.47 Å². The fourth-order valence-corrected chi connectivity index (χ4v) is 4.69. The van der Waals surface area contributed by atoms with Gasteiger partial charge in [-0.15, -0.1) is 11.3 Å². The molecule has 10 heteroatoms. The van der Waals surface area contributed by atoms with E-state index in [2.05, 4.69) is 5.32 Å². The van der Waals surface area contributed by atoms with Crippen molar-refractivity contribution in [1.82, 2.24) is 0 Å². The molecule has 1 heterocycles. The number of methoxy groups -OCH3 is 2. The lowest BCUT2D eigenvalue weighted by Gasteiger charge is -2.10. The van der Waals surface area contributed by atoms with E-state index in [-0.39, 0.29) is 31.7 Å². The molecule has 0 aliphatic heterocycles. The molecule has 0 fully saturated rings. The van der Waals surface area contributed by atoms with Gasteiger partial charge in [0.15, 0.2) is 9.84 Å². The summed E-state index contributed by atoms with van der Waals surface area (Å²) in [6.45, 7) is 3.00. The van der Waals surface area contributed by atoms with Crippen LogP contribution in [0.5, 0.6) is 0 Å². The smallest absolute Gasteiger partial charge is 0.348 e. The predicted molar refractivity (Wildman–Crippen MR) is 104 cm³/mol. The highest BCUT2D eigenvalue weighted by Crippen LogP contribution is 2.34. The number of hydrogen-bond donors (Lipinski definition) is 1. The first-order valence-electron chi connectivity index (χ1n) is 8.11. The molecule has 0 unspecified atom stereocenters. The minimum atomic E-state index is -3.64. The second kappa shape index (κ2) is 8.53. The van der Waals surface area contributed by atoms with Crippen molar-refractivity contribution < 1.29 is 32.3 Å². The van der Waals surface area contributed by atoms with Gasteiger partial charge in [0, 0.05) is 0 Å². The quantitative estimate of drug-likeness (QED) is 0.707. The maximum atomic E-state index is 12.8. The first-order chi connectivity index (χ1) is 13.2. The SMILES string of the molecule is CCS(=O)(=O)c1ccccc1C(=O)Nc1sc(C(=O)OC)c(C)c1C(=O)OC. The Kier molecular flexibility index (Phi) is 6.57. The van der Waals surface area contributed by atoms with Crippen LogP contribution in [0.15, 0.2) is 29.2 Å². The molecule has 0 spiro atoms. The Morgan fingerprint density at radius 1 is 1.07 bits per heavy atom. The van der Waals surface area contributed by atoms with Crippen LogP contribution in [-0.4, -0.2) is 46.2 Å². The molecule has 28 heavy (non-hydrogen) atoms. The van der Waals surface area contributed by atoms with Gasteiger partial charge in [-0.1, -0.05) is 19.1 Å². The molecule has 0 saturated heterocycles. The summed E-state index contributed by atoms with van der Waals surface area (Å²) in [4.78, 5) is 36.9. The second-order valence-electron chi connectivity index (χ2n) is 5.60. The highest BCUT2D eigenvalue weighted by atomic mass is 32.2. The number of carbonyl (C=O) groups is 3. The summed E-state index contributed by atoms with van der Waals surface area (Å²) in [7, 11) is -1.27. The molecule has 0 bridgehead atoms. The molecule has 150 valence electrons. The molecule has 0 aliphatic rings. The van der Waals surface area contributed by atoms with E-state index in [1.165, 1.54) is 52.3 Å². The van der Waals surface area contributed by atoms with Crippen LogP contribution in [0.1, 0.15) is 42.9 Å². The van der Waals surface area contributed by atoms with Crippen molar-refractivity contribution in [2.45, 2.75) is 18.7 Å². The molecule has 8 nitrogen and oxygen atoms in total. The lowest BCUT2D eigenvalue weighted by molar-refractivity contribution is 0.0601. The molecule has 1 N–H and O–H groups in total. The van der Waals surface area contributed by atoms with Crippen molar-refractivity contribution >= 4 is 44.0 Å². The molecule has 0 atom stereocenters. The third-order valence-electron chi connectivity index (χ3n) is 3.98. The number of amides is 1. The third kappa shape index (κ3) is 4.07. The fraction of sp³-hybridized carbons (Fsp3) is 0.278. The number of benzene rings is 1. The highest BCUT2D eigenvalue weighted by Gasteiger charge is 2.28. The van der Waals surface area contributed by atoms with Crippen molar-refractivity contribution in [1.29, 1.82) is 0 Å². The average Bonchev–Trinajstić information content (AvgIpc) is 3.02. The van der Waals surface area contributed by atoms with Crippen LogP contribution < -0.4 is 5.32 Å². The number of sulfone groups is 1. The molecule has 2 rings (SSSR count). The van der Waals surface area contributed by atoms with E-state index < -0.39 is 27.7 Å². The van der Waals surface area contributed by atoms with Gasteiger partial charge in [-0.05, 0) is 24.6 Å². The van der Waals surface area contributed by atoms with Crippen molar-refractivity contribution in [3.05, 3.63) is 45.8 Å². The van der Waals surface area contributed by atoms with Gasteiger partial charge >= 0.3 is 11.9 Å². The molecule has 0 radical (unpaired) electrons. The molecular weight excluding hydrogens is 406 g/mol.